The number of aliphatic hydroxyl groups excluding tert-OH is 1. The van der Waals surface area contributed by atoms with Crippen LogP contribution >= 0.6 is 24.0 Å². The van der Waals surface area contributed by atoms with Crippen LogP contribution in [0.4, 0.5) is 8.78 Å². The summed E-state index contributed by atoms with van der Waals surface area (Å²) in [5, 5.41) is 13.9. The third kappa shape index (κ3) is 6.12. The van der Waals surface area contributed by atoms with Gasteiger partial charge in [-0.25, -0.2) is 8.78 Å². The molecule has 0 radical (unpaired) electrons. The Morgan fingerprint density at radius 1 is 1.20 bits per heavy atom. The monoisotopic (exact) mass is 391 g/mol. The average Bonchev–Trinajstić information content (AvgIpc) is 2.52. The first-order valence-electron chi connectivity index (χ1n) is 7.59. The van der Waals surface area contributed by atoms with E-state index in [1.54, 1.807) is 24.3 Å². The summed E-state index contributed by atoms with van der Waals surface area (Å²) in [6.45, 7) is 2.19. The molecular weight excluding hydrogens is 371 g/mol. The minimum absolute atomic E-state index is 0. The Kier molecular flexibility index (Phi) is 8.59. The zero-order valence-electron chi connectivity index (χ0n) is 13.9. The van der Waals surface area contributed by atoms with Gasteiger partial charge in [0.1, 0.15) is 0 Å². The van der Waals surface area contributed by atoms with E-state index >= 15 is 0 Å². The van der Waals surface area contributed by atoms with Crippen LogP contribution in [0.5, 0.6) is 5.75 Å². The molecule has 2 rings (SSSR count). The number of ether oxygens (including phenoxy) is 1. The lowest BCUT2D eigenvalue weighted by Gasteiger charge is -2.18. The third-order valence-electron chi connectivity index (χ3n) is 3.70. The molecular formula is C18H21Cl2F2NO2. The van der Waals surface area contributed by atoms with Gasteiger partial charge in [-0.15, -0.1) is 12.4 Å². The maximum absolute atomic E-state index is 13.7. The Labute approximate surface area is 157 Å². The summed E-state index contributed by atoms with van der Waals surface area (Å²) < 4.78 is 32.1. The maximum Gasteiger partial charge on any atom is 0.190 e. The molecule has 0 bridgehead atoms. The van der Waals surface area contributed by atoms with Gasteiger partial charge in [-0.3, -0.25) is 0 Å². The van der Waals surface area contributed by atoms with Gasteiger partial charge in [0.15, 0.2) is 17.4 Å². The van der Waals surface area contributed by atoms with E-state index in [0.29, 0.717) is 29.1 Å². The van der Waals surface area contributed by atoms with Gasteiger partial charge in [-0.1, -0.05) is 23.7 Å². The fourth-order valence-electron chi connectivity index (χ4n) is 2.50. The number of halogens is 4. The molecule has 0 aliphatic heterocycles. The number of aliphatic hydroxyl groups is 1. The number of nitrogens with one attached hydrogen (secondary N) is 1. The summed E-state index contributed by atoms with van der Waals surface area (Å²) in [6.07, 6.45) is -0.296. The van der Waals surface area contributed by atoms with Crippen molar-refractivity contribution in [2.75, 3.05) is 13.7 Å². The molecule has 3 nitrogen and oxygen atoms in total. The molecule has 0 aromatic heterocycles. The summed E-state index contributed by atoms with van der Waals surface area (Å²) in [4.78, 5) is 0. The van der Waals surface area contributed by atoms with E-state index in [9.17, 15) is 13.9 Å². The highest BCUT2D eigenvalue weighted by Gasteiger charge is 2.14. The van der Waals surface area contributed by atoms with Crippen molar-refractivity contribution in [1.82, 2.24) is 5.32 Å². The molecule has 138 valence electrons. The lowest BCUT2D eigenvalue weighted by molar-refractivity contribution is 0.170. The summed E-state index contributed by atoms with van der Waals surface area (Å²) in [7, 11) is 1.22. The first-order chi connectivity index (χ1) is 11.4. The van der Waals surface area contributed by atoms with Crippen molar-refractivity contribution in [3.8, 4) is 5.75 Å². The van der Waals surface area contributed by atoms with Gasteiger partial charge in [-0.2, -0.15) is 0 Å². The van der Waals surface area contributed by atoms with Crippen LogP contribution in [-0.2, 0) is 6.42 Å². The zero-order chi connectivity index (χ0) is 17.7. The fraction of sp³-hybridized carbons (Fsp3) is 0.333. The predicted octanol–water partition coefficient (Wildman–Crippen LogP) is 4.30. The van der Waals surface area contributed by atoms with Crippen molar-refractivity contribution in [2.24, 2.45) is 0 Å². The number of methoxy groups -OCH3 is 1. The van der Waals surface area contributed by atoms with Gasteiger partial charge in [0.25, 0.3) is 0 Å². The van der Waals surface area contributed by atoms with Crippen molar-refractivity contribution in [2.45, 2.75) is 25.5 Å². The van der Waals surface area contributed by atoms with Crippen LogP contribution in [0.2, 0.25) is 5.02 Å². The minimum Gasteiger partial charge on any atom is -0.491 e. The largest absolute Gasteiger partial charge is 0.491 e. The van der Waals surface area contributed by atoms with E-state index in [4.69, 9.17) is 11.6 Å². The number of rotatable bonds is 7. The molecule has 0 spiro atoms. The molecule has 0 saturated carbocycles. The maximum atomic E-state index is 13.7. The van der Waals surface area contributed by atoms with E-state index in [1.165, 1.54) is 19.2 Å². The zero-order valence-corrected chi connectivity index (χ0v) is 15.5. The Hall–Kier alpha value is -1.40. The summed E-state index contributed by atoms with van der Waals surface area (Å²) in [5.41, 5.74) is 1.23. The van der Waals surface area contributed by atoms with Crippen molar-refractivity contribution >= 4 is 24.0 Å². The minimum atomic E-state index is -0.723. The Morgan fingerprint density at radius 2 is 1.84 bits per heavy atom. The van der Waals surface area contributed by atoms with E-state index in [1.807, 2.05) is 6.92 Å². The highest BCUT2D eigenvalue weighted by molar-refractivity contribution is 6.30. The van der Waals surface area contributed by atoms with Crippen LogP contribution in [0, 0.1) is 11.6 Å². The van der Waals surface area contributed by atoms with Crippen molar-refractivity contribution in [1.29, 1.82) is 0 Å². The van der Waals surface area contributed by atoms with Crippen LogP contribution < -0.4 is 10.1 Å². The van der Waals surface area contributed by atoms with E-state index in [0.717, 1.165) is 0 Å². The second kappa shape index (κ2) is 9.92. The number of hydrogen-bond acceptors (Lipinski definition) is 3. The Balaban J connectivity index is 0.00000312. The molecule has 0 aliphatic carbocycles. The first kappa shape index (κ1) is 21.6. The standard InChI is InChI=1S/C18H20ClF2NO2.ClH/c1-11(6-12-7-15(20)18(24-2)16(21)8-12)22-10-17(23)13-4-3-5-14(19)9-13;/h3-5,7-9,11,17,22-23H,6,10H2,1-2H3;1H. The molecule has 2 N–H and O–H groups in total. The lowest BCUT2D eigenvalue weighted by Crippen LogP contribution is -2.32. The molecule has 0 fully saturated rings. The molecule has 25 heavy (non-hydrogen) atoms. The molecule has 0 saturated heterocycles. The van der Waals surface area contributed by atoms with Crippen molar-refractivity contribution < 1.29 is 18.6 Å². The fourth-order valence-corrected chi connectivity index (χ4v) is 2.69. The van der Waals surface area contributed by atoms with Crippen LogP contribution in [0.3, 0.4) is 0 Å². The third-order valence-corrected chi connectivity index (χ3v) is 3.93. The molecule has 2 aromatic carbocycles. The number of benzene rings is 2. The molecule has 0 heterocycles. The van der Waals surface area contributed by atoms with Gasteiger partial charge in [0, 0.05) is 17.6 Å². The molecule has 2 unspecified atom stereocenters. The van der Waals surface area contributed by atoms with Crippen LogP contribution in [0.25, 0.3) is 0 Å². The van der Waals surface area contributed by atoms with Gasteiger partial charge in [-0.05, 0) is 48.7 Å². The van der Waals surface area contributed by atoms with Crippen molar-refractivity contribution in [3.05, 3.63) is 64.2 Å². The SMILES string of the molecule is COc1c(F)cc(CC(C)NCC(O)c2cccc(Cl)c2)cc1F.Cl. The quantitative estimate of drug-likeness (QED) is 0.738. The van der Waals surface area contributed by atoms with Gasteiger partial charge >= 0.3 is 0 Å². The smallest absolute Gasteiger partial charge is 0.190 e. The normalized spacial score (nSPS) is 13.0. The molecule has 0 aliphatic rings. The van der Waals surface area contributed by atoms with Gasteiger partial charge in [0.05, 0.1) is 13.2 Å². The topological polar surface area (TPSA) is 41.5 Å². The van der Waals surface area contributed by atoms with Gasteiger partial charge in [0.2, 0.25) is 0 Å². The van der Waals surface area contributed by atoms with Gasteiger partial charge < -0.3 is 15.2 Å². The predicted molar refractivity (Wildman–Crippen MR) is 97.7 cm³/mol. The van der Waals surface area contributed by atoms with Crippen LogP contribution in [-0.4, -0.2) is 24.8 Å². The van der Waals surface area contributed by atoms with Crippen molar-refractivity contribution in [3.63, 3.8) is 0 Å². The lowest BCUT2D eigenvalue weighted by atomic mass is 10.1. The van der Waals surface area contributed by atoms with E-state index < -0.39 is 17.7 Å². The average molecular weight is 392 g/mol. The molecule has 2 aromatic rings. The summed E-state index contributed by atoms with van der Waals surface area (Å²) >= 11 is 5.90. The number of hydrogen-bond donors (Lipinski definition) is 2. The highest BCUT2D eigenvalue weighted by Crippen LogP contribution is 2.23. The Bertz CT molecular complexity index is 678. The first-order valence-corrected chi connectivity index (χ1v) is 7.97. The van der Waals surface area contributed by atoms with Crippen LogP contribution in [0.15, 0.2) is 36.4 Å². The van der Waals surface area contributed by atoms with Crippen LogP contribution in [0.1, 0.15) is 24.2 Å². The Morgan fingerprint density at radius 3 is 2.40 bits per heavy atom. The molecule has 0 amide bonds. The van der Waals surface area contributed by atoms with E-state index in [2.05, 4.69) is 10.1 Å². The summed E-state index contributed by atoms with van der Waals surface area (Å²) in [5.74, 6) is -1.83. The highest BCUT2D eigenvalue weighted by atomic mass is 35.5. The second-order valence-corrected chi connectivity index (χ2v) is 6.11. The second-order valence-electron chi connectivity index (χ2n) is 5.68. The molecule has 7 heteroatoms. The molecule has 2 atom stereocenters. The summed E-state index contributed by atoms with van der Waals surface area (Å²) in [6, 6.07) is 9.43. The van der Waals surface area contributed by atoms with E-state index in [-0.39, 0.29) is 24.2 Å².